The fraction of sp³-hybridized carbons (Fsp3) is 0.300. The van der Waals surface area contributed by atoms with E-state index in [1.807, 2.05) is 24.3 Å². The Morgan fingerprint density at radius 3 is 3.03 bits per heavy atom. The summed E-state index contributed by atoms with van der Waals surface area (Å²) in [7, 11) is 4.17. The number of nitrogens with one attached hydrogen (secondary N) is 3. The number of carbonyl (C=O) groups excluding carboxylic acids is 1. The van der Waals surface area contributed by atoms with Gasteiger partial charge in [0.2, 0.25) is 0 Å². The Morgan fingerprint density at radius 1 is 1.27 bits per heavy atom. The summed E-state index contributed by atoms with van der Waals surface area (Å²) in [5, 5.41) is 15.6. The smallest absolute Gasteiger partial charge is 0.264 e. The fourth-order valence-electron chi connectivity index (χ4n) is 2.90. The lowest BCUT2D eigenvalue weighted by Crippen LogP contribution is -2.19. The first-order valence-corrected chi connectivity index (χ1v) is 11.3. The average molecular weight is 442 g/mol. The van der Waals surface area contributed by atoms with Crippen LogP contribution in [-0.2, 0) is 4.79 Å². The minimum Gasteiger partial charge on any atom is -0.362 e. The number of hydrogen-bond acceptors (Lipinski definition) is 8. The number of aliphatic imine (C=N–C) groups is 1. The minimum absolute atomic E-state index is 0.145. The number of aromatic amines is 1. The second kappa shape index (κ2) is 9.41. The predicted molar refractivity (Wildman–Crippen MR) is 125 cm³/mol. The minimum atomic E-state index is -0.145. The lowest BCUT2D eigenvalue weighted by atomic mass is 10.2. The van der Waals surface area contributed by atoms with Gasteiger partial charge in [-0.05, 0) is 69.5 Å². The lowest BCUT2D eigenvalue weighted by molar-refractivity contribution is -0.115. The Labute approximate surface area is 182 Å². The molecule has 1 amide bonds. The van der Waals surface area contributed by atoms with Crippen LogP contribution in [0.4, 0.5) is 10.8 Å². The summed E-state index contributed by atoms with van der Waals surface area (Å²) in [6.07, 6.45) is 7.65. The molecule has 0 spiro atoms. The van der Waals surface area contributed by atoms with Crippen molar-refractivity contribution in [3.8, 4) is 0 Å². The summed E-state index contributed by atoms with van der Waals surface area (Å²) in [5.41, 5.74) is 1.67. The summed E-state index contributed by atoms with van der Waals surface area (Å²) in [6, 6.07) is 5.76. The maximum Gasteiger partial charge on any atom is 0.264 e. The van der Waals surface area contributed by atoms with Gasteiger partial charge < -0.3 is 15.5 Å². The van der Waals surface area contributed by atoms with Crippen LogP contribution < -0.4 is 10.6 Å². The van der Waals surface area contributed by atoms with Gasteiger partial charge in [0.1, 0.15) is 0 Å². The molecule has 0 saturated carbocycles. The van der Waals surface area contributed by atoms with E-state index in [0.717, 1.165) is 52.5 Å². The summed E-state index contributed by atoms with van der Waals surface area (Å²) >= 11 is 2.87. The first-order chi connectivity index (χ1) is 14.6. The Kier molecular flexibility index (Phi) is 6.46. The zero-order valence-electron chi connectivity index (χ0n) is 16.8. The van der Waals surface area contributed by atoms with Gasteiger partial charge in [-0.2, -0.15) is 5.10 Å². The number of unbranched alkanes of at least 4 members (excludes halogenated alkanes) is 1. The molecule has 3 aromatic rings. The molecular formula is C20H23N7OS2. The van der Waals surface area contributed by atoms with E-state index in [9.17, 15) is 4.79 Å². The van der Waals surface area contributed by atoms with Crippen LogP contribution in [-0.4, -0.2) is 58.3 Å². The van der Waals surface area contributed by atoms with Crippen LogP contribution in [0.25, 0.3) is 17.0 Å². The molecule has 156 valence electrons. The second-order valence-electron chi connectivity index (χ2n) is 7.13. The van der Waals surface area contributed by atoms with Crippen molar-refractivity contribution in [3.63, 3.8) is 0 Å². The van der Waals surface area contributed by atoms with Crippen LogP contribution in [0, 0.1) is 0 Å². The number of nitrogens with zero attached hydrogens (tertiary/aromatic N) is 4. The van der Waals surface area contributed by atoms with Crippen molar-refractivity contribution in [1.29, 1.82) is 0 Å². The molecule has 1 aliphatic rings. The maximum absolute atomic E-state index is 12.3. The predicted octanol–water partition coefficient (Wildman–Crippen LogP) is 3.66. The van der Waals surface area contributed by atoms with Crippen molar-refractivity contribution in [2.45, 2.75) is 12.8 Å². The van der Waals surface area contributed by atoms with Crippen molar-refractivity contribution in [3.05, 3.63) is 40.4 Å². The van der Waals surface area contributed by atoms with E-state index in [1.54, 1.807) is 23.7 Å². The monoisotopic (exact) mass is 441 g/mol. The van der Waals surface area contributed by atoms with Crippen LogP contribution in [0.2, 0.25) is 0 Å². The molecule has 0 bridgehead atoms. The number of fused-ring (bicyclic) bond motifs is 1. The first kappa shape index (κ1) is 20.6. The molecule has 1 saturated heterocycles. The quantitative estimate of drug-likeness (QED) is 0.364. The molecule has 3 N–H and O–H groups in total. The van der Waals surface area contributed by atoms with E-state index in [4.69, 9.17) is 0 Å². The van der Waals surface area contributed by atoms with Crippen molar-refractivity contribution < 1.29 is 4.79 Å². The van der Waals surface area contributed by atoms with Crippen molar-refractivity contribution in [2.24, 2.45) is 4.99 Å². The SMILES string of the molecule is CN(C)CCCCNc1ncc(/C=C2\S/C(=N\c3ccc4cn[nH]c4c3)NC2=O)s1. The molecule has 1 fully saturated rings. The molecule has 1 aliphatic heterocycles. The van der Waals surface area contributed by atoms with Gasteiger partial charge in [-0.3, -0.25) is 9.89 Å². The van der Waals surface area contributed by atoms with Gasteiger partial charge in [0.25, 0.3) is 5.91 Å². The van der Waals surface area contributed by atoms with Crippen molar-refractivity contribution in [2.75, 3.05) is 32.5 Å². The third-order valence-electron chi connectivity index (χ3n) is 4.41. The zero-order valence-corrected chi connectivity index (χ0v) is 18.4. The van der Waals surface area contributed by atoms with Crippen molar-refractivity contribution in [1.82, 2.24) is 25.4 Å². The van der Waals surface area contributed by atoms with Crippen LogP contribution >= 0.6 is 23.1 Å². The number of thioether (sulfide) groups is 1. The van der Waals surface area contributed by atoms with Crippen molar-refractivity contribution >= 4 is 62.0 Å². The summed E-state index contributed by atoms with van der Waals surface area (Å²) in [6.45, 7) is 1.98. The molecule has 8 nitrogen and oxygen atoms in total. The summed E-state index contributed by atoms with van der Waals surface area (Å²) in [4.78, 5) is 25.0. The number of H-pyrrole nitrogens is 1. The van der Waals surface area contributed by atoms with Crippen LogP contribution in [0.1, 0.15) is 17.7 Å². The van der Waals surface area contributed by atoms with E-state index >= 15 is 0 Å². The third-order valence-corrected chi connectivity index (χ3v) is 6.22. The van der Waals surface area contributed by atoms with E-state index < -0.39 is 0 Å². The highest BCUT2D eigenvalue weighted by Crippen LogP contribution is 2.30. The number of thiazole rings is 1. The van der Waals surface area contributed by atoms with Gasteiger partial charge in [-0.15, -0.1) is 0 Å². The average Bonchev–Trinajstić information content (AvgIpc) is 3.42. The highest BCUT2D eigenvalue weighted by atomic mass is 32.2. The largest absolute Gasteiger partial charge is 0.362 e. The molecule has 30 heavy (non-hydrogen) atoms. The molecule has 4 rings (SSSR count). The molecule has 0 unspecified atom stereocenters. The van der Waals surface area contributed by atoms with Gasteiger partial charge in [-0.1, -0.05) is 11.3 Å². The third kappa shape index (κ3) is 5.26. The van der Waals surface area contributed by atoms with E-state index in [0.29, 0.717) is 10.1 Å². The Morgan fingerprint density at radius 2 is 2.17 bits per heavy atom. The molecule has 3 heterocycles. The maximum atomic E-state index is 12.3. The van der Waals surface area contributed by atoms with Crippen LogP contribution in [0.3, 0.4) is 0 Å². The number of aromatic nitrogens is 3. The van der Waals surface area contributed by atoms with Gasteiger partial charge in [0, 0.05) is 18.1 Å². The highest BCUT2D eigenvalue weighted by molar-refractivity contribution is 8.18. The van der Waals surface area contributed by atoms with Crippen LogP contribution in [0.15, 0.2) is 40.5 Å². The van der Waals surface area contributed by atoms with E-state index in [2.05, 4.69) is 49.8 Å². The van der Waals surface area contributed by atoms with Gasteiger partial charge in [0.15, 0.2) is 10.3 Å². The number of rotatable bonds is 8. The number of amides is 1. The second-order valence-corrected chi connectivity index (χ2v) is 9.22. The summed E-state index contributed by atoms with van der Waals surface area (Å²) in [5.74, 6) is -0.145. The fourth-order valence-corrected chi connectivity index (χ4v) is 4.60. The number of amidine groups is 1. The molecule has 2 aromatic heterocycles. The number of carbonyl (C=O) groups is 1. The molecular weight excluding hydrogens is 418 g/mol. The number of hydrogen-bond donors (Lipinski definition) is 3. The van der Waals surface area contributed by atoms with Gasteiger partial charge >= 0.3 is 0 Å². The van der Waals surface area contributed by atoms with Gasteiger partial charge in [-0.25, -0.2) is 9.98 Å². The van der Waals surface area contributed by atoms with Gasteiger partial charge in [0.05, 0.1) is 27.2 Å². The van der Waals surface area contributed by atoms with Crippen LogP contribution in [0.5, 0.6) is 0 Å². The first-order valence-electron chi connectivity index (χ1n) is 9.64. The molecule has 10 heteroatoms. The molecule has 0 aliphatic carbocycles. The zero-order chi connectivity index (χ0) is 20.9. The molecule has 1 aromatic carbocycles. The Balaban J connectivity index is 1.36. The highest BCUT2D eigenvalue weighted by Gasteiger charge is 2.24. The molecule has 0 atom stereocenters. The standard InChI is InChI=1S/C20H23N7OS2/c1-27(2)8-4-3-7-21-19-22-12-15(29-19)10-17-18(28)25-20(30-17)24-14-6-5-13-11-23-26-16(13)9-14/h5-6,9-12H,3-4,7-8H2,1-2H3,(H,21,22)(H,23,26)(H,24,25,28)/b17-10-. The normalized spacial score (nSPS) is 16.8. The number of anilines is 1. The Hall–Kier alpha value is -2.69. The molecule has 0 radical (unpaired) electrons. The topological polar surface area (TPSA) is 98.3 Å². The summed E-state index contributed by atoms with van der Waals surface area (Å²) < 4.78 is 0. The van der Waals surface area contributed by atoms with E-state index in [1.165, 1.54) is 11.8 Å². The number of benzene rings is 1. The van der Waals surface area contributed by atoms with E-state index in [-0.39, 0.29) is 5.91 Å². The Bertz CT molecular complexity index is 1100. The lowest BCUT2D eigenvalue weighted by Gasteiger charge is -2.08.